The molecule has 0 heterocycles. The van der Waals surface area contributed by atoms with Gasteiger partial charge in [0.2, 0.25) is 0 Å². The molecule has 0 aliphatic carbocycles. The molecule has 0 amide bonds. The van der Waals surface area contributed by atoms with Crippen LogP contribution in [0.2, 0.25) is 0 Å². The molecule has 0 aliphatic heterocycles. The van der Waals surface area contributed by atoms with Crippen LogP contribution in [-0.4, -0.2) is 0 Å². The van der Waals surface area contributed by atoms with Crippen molar-refractivity contribution in [2.24, 2.45) is 5.73 Å². The van der Waals surface area contributed by atoms with Gasteiger partial charge >= 0.3 is 0 Å². The topological polar surface area (TPSA) is 26.0 Å². The van der Waals surface area contributed by atoms with E-state index in [0.29, 0.717) is 0 Å². The molecule has 0 radical (unpaired) electrons. The Morgan fingerprint density at radius 2 is 2.00 bits per heavy atom. The van der Waals surface area contributed by atoms with Crippen molar-refractivity contribution in [3.8, 4) is 0 Å². The number of benzene rings is 1. The fourth-order valence-electron chi connectivity index (χ4n) is 1.78. The molecule has 0 bridgehead atoms. The van der Waals surface area contributed by atoms with Gasteiger partial charge in [-0.05, 0) is 36.6 Å². The second kappa shape index (κ2) is 7.64. The highest BCUT2D eigenvalue weighted by Gasteiger charge is 2.09. The van der Waals surface area contributed by atoms with E-state index in [1.165, 1.54) is 18.9 Å². The summed E-state index contributed by atoms with van der Waals surface area (Å²) >= 11 is 0. The van der Waals surface area contributed by atoms with Crippen LogP contribution in [0.5, 0.6) is 0 Å². The van der Waals surface area contributed by atoms with Gasteiger partial charge in [-0.25, -0.2) is 4.39 Å². The molecule has 0 spiro atoms. The minimum Gasteiger partial charge on any atom is -0.324 e. The van der Waals surface area contributed by atoms with Gasteiger partial charge in [0.1, 0.15) is 5.82 Å². The van der Waals surface area contributed by atoms with Crippen molar-refractivity contribution >= 4 is 12.4 Å². The van der Waals surface area contributed by atoms with Crippen molar-refractivity contribution < 1.29 is 4.39 Å². The molecule has 1 nitrogen and oxygen atoms in total. The maximum Gasteiger partial charge on any atom is 0.123 e. The standard InChI is InChI=1S/C13H20FN.ClH/c1-3-4-5-6-13(15)12-9-11(14)8-7-10(12)2;/h7-9,13H,3-6,15H2,1-2H3;1H/t13-;/m0./s1. The van der Waals surface area contributed by atoms with Crippen LogP contribution in [0.25, 0.3) is 0 Å². The molecular formula is C13H21ClFN. The van der Waals surface area contributed by atoms with Gasteiger partial charge in [-0.15, -0.1) is 12.4 Å². The highest BCUT2D eigenvalue weighted by atomic mass is 35.5. The molecule has 16 heavy (non-hydrogen) atoms. The number of unbranched alkanes of at least 4 members (excludes halogenated alkanes) is 2. The van der Waals surface area contributed by atoms with E-state index in [4.69, 9.17) is 5.73 Å². The quantitative estimate of drug-likeness (QED) is 0.776. The minimum absolute atomic E-state index is 0. The summed E-state index contributed by atoms with van der Waals surface area (Å²) in [5, 5.41) is 0. The Morgan fingerprint density at radius 1 is 1.31 bits per heavy atom. The van der Waals surface area contributed by atoms with Gasteiger partial charge in [-0.3, -0.25) is 0 Å². The molecule has 0 saturated heterocycles. The van der Waals surface area contributed by atoms with E-state index < -0.39 is 0 Å². The Balaban J connectivity index is 0.00000225. The normalized spacial score (nSPS) is 12.0. The van der Waals surface area contributed by atoms with Crippen LogP contribution in [0, 0.1) is 12.7 Å². The smallest absolute Gasteiger partial charge is 0.123 e. The van der Waals surface area contributed by atoms with Gasteiger partial charge in [0.25, 0.3) is 0 Å². The van der Waals surface area contributed by atoms with Crippen LogP contribution in [0.3, 0.4) is 0 Å². The van der Waals surface area contributed by atoms with Crippen LogP contribution in [0.1, 0.15) is 49.8 Å². The van der Waals surface area contributed by atoms with Crippen molar-refractivity contribution in [3.05, 3.63) is 35.1 Å². The predicted molar refractivity (Wildman–Crippen MR) is 69.5 cm³/mol. The largest absolute Gasteiger partial charge is 0.324 e. The summed E-state index contributed by atoms with van der Waals surface area (Å²) in [5.74, 6) is -0.193. The third-order valence-electron chi connectivity index (χ3n) is 2.76. The van der Waals surface area contributed by atoms with Gasteiger partial charge < -0.3 is 5.73 Å². The summed E-state index contributed by atoms with van der Waals surface area (Å²) in [6, 6.07) is 4.82. The Morgan fingerprint density at radius 3 is 2.62 bits per heavy atom. The maximum atomic E-state index is 13.0. The molecule has 0 unspecified atom stereocenters. The van der Waals surface area contributed by atoms with E-state index in [1.807, 2.05) is 6.92 Å². The zero-order valence-corrected chi connectivity index (χ0v) is 10.8. The Labute approximate surface area is 104 Å². The van der Waals surface area contributed by atoms with Gasteiger partial charge in [0.15, 0.2) is 0 Å². The predicted octanol–water partition coefficient (Wildman–Crippen LogP) is 4.14. The molecule has 1 atom stereocenters. The van der Waals surface area contributed by atoms with Crippen LogP contribution in [-0.2, 0) is 0 Å². The third-order valence-corrected chi connectivity index (χ3v) is 2.76. The van der Waals surface area contributed by atoms with E-state index in [9.17, 15) is 4.39 Å². The SMILES string of the molecule is CCCCC[C@H](N)c1cc(F)ccc1C.Cl. The lowest BCUT2D eigenvalue weighted by molar-refractivity contribution is 0.570. The lowest BCUT2D eigenvalue weighted by Crippen LogP contribution is -2.12. The Hall–Kier alpha value is -0.600. The van der Waals surface area contributed by atoms with Crippen molar-refractivity contribution in [1.82, 2.24) is 0 Å². The Kier molecular flexibility index (Phi) is 7.35. The molecule has 3 heteroatoms. The van der Waals surface area contributed by atoms with Crippen molar-refractivity contribution in [2.45, 2.75) is 45.6 Å². The van der Waals surface area contributed by atoms with Crippen molar-refractivity contribution in [2.75, 3.05) is 0 Å². The lowest BCUT2D eigenvalue weighted by Gasteiger charge is -2.14. The van der Waals surface area contributed by atoms with Gasteiger partial charge in [-0.2, -0.15) is 0 Å². The third kappa shape index (κ3) is 4.50. The van der Waals surface area contributed by atoms with E-state index in [-0.39, 0.29) is 24.3 Å². The molecule has 0 saturated carbocycles. The molecule has 0 aliphatic rings. The Bertz CT molecular complexity index is 315. The monoisotopic (exact) mass is 245 g/mol. The van der Waals surface area contributed by atoms with E-state index in [1.54, 1.807) is 12.1 Å². The van der Waals surface area contributed by atoms with Crippen LogP contribution in [0.4, 0.5) is 4.39 Å². The summed E-state index contributed by atoms with van der Waals surface area (Å²) in [6.45, 7) is 4.15. The number of aryl methyl sites for hydroxylation is 1. The van der Waals surface area contributed by atoms with Gasteiger partial charge in [-0.1, -0.05) is 32.3 Å². The first kappa shape index (κ1) is 15.4. The summed E-state index contributed by atoms with van der Waals surface area (Å²) < 4.78 is 13.0. The average Bonchev–Trinajstić information content (AvgIpc) is 2.22. The van der Waals surface area contributed by atoms with Crippen LogP contribution < -0.4 is 5.73 Å². The zero-order valence-electron chi connectivity index (χ0n) is 10.0. The summed E-state index contributed by atoms with van der Waals surface area (Å²) in [5.41, 5.74) is 8.07. The zero-order chi connectivity index (χ0) is 11.3. The number of nitrogens with two attached hydrogens (primary N) is 1. The second-order valence-corrected chi connectivity index (χ2v) is 4.10. The van der Waals surface area contributed by atoms with E-state index in [0.717, 1.165) is 24.0 Å². The molecular weight excluding hydrogens is 225 g/mol. The fraction of sp³-hybridized carbons (Fsp3) is 0.538. The summed E-state index contributed by atoms with van der Waals surface area (Å²) in [6.07, 6.45) is 4.45. The maximum absolute atomic E-state index is 13.0. The van der Waals surface area contributed by atoms with E-state index in [2.05, 4.69) is 6.92 Å². The second-order valence-electron chi connectivity index (χ2n) is 4.10. The first-order valence-corrected chi connectivity index (χ1v) is 5.66. The number of halogens is 2. The highest BCUT2D eigenvalue weighted by Crippen LogP contribution is 2.21. The molecule has 0 fully saturated rings. The summed E-state index contributed by atoms with van der Waals surface area (Å²) in [7, 11) is 0. The molecule has 2 N–H and O–H groups in total. The molecule has 1 aromatic rings. The van der Waals surface area contributed by atoms with Gasteiger partial charge in [0, 0.05) is 6.04 Å². The fourth-order valence-corrected chi connectivity index (χ4v) is 1.78. The van der Waals surface area contributed by atoms with Crippen LogP contribution >= 0.6 is 12.4 Å². The molecule has 1 rings (SSSR count). The van der Waals surface area contributed by atoms with Crippen LogP contribution in [0.15, 0.2) is 18.2 Å². The lowest BCUT2D eigenvalue weighted by atomic mass is 9.97. The number of hydrogen-bond acceptors (Lipinski definition) is 1. The van der Waals surface area contributed by atoms with E-state index >= 15 is 0 Å². The number of hydrogen-bond donors (Lipinski definition) is 1. The van der Waals surface area contributed by atoms with Gasteiger partial charge in [0.05, 0.1) is 0 Å². The first-order valence-electron chi connectivity index (χ1n) is 5.66. The first-order chi connectivity index (χ1) is 7.15. The molecule has 1 aromatic carbocycles. The van der Waals surface area contributed by atoms with Crippen molar-refractivity contribution in [1.29, 1.82) is 0 Å². The average molecular weight is 246 g/mol. The molecule has 0 aromatic heterocycles. The highest BCUT2D eigenvalue weighted by molar-refractivity contribution is 5.85. The molecule has 92 valence electrons. The van der Waals surface area contributed by atoms with Crippen molar-refractivity contribution in [3.63, 3.8) is 0 Å². The number of rotatable bonds is 5. The summed E-state index contributed by atoms with van der Waals surface area (Å²) in [4.78, 5) is 0. The minimum atomic E-state index is -0.193.